The zero-order valence-corrected chi connectivity index (χ0v) is 11.9. The van der Waals surface area contributed by atoms with Gasteiger partial charge in [-0.3, -0.25) is 9.59 Å². The average molecular weight is 316 g/mol. The van der Waals surface area contributed by atoms with Gasteiger partial charge >= 0.3 is 5.97 Å². The van der Waals surface area contributed by atoms with E-state index in [0.29, 0.717) is 21.5 Å². The summed E-state index contributed by atoms with van der Waals surface area (Å²) in [6, 6.07) is 5.04. The lowest BCUT2D eigenvalue weighted by molar-refractivity contribution is -0.197. The van der Waals surface area contributed by atoms with Crippen LogP contribution in [-0.4, -0.2) is 22.8 Å². The number of halogens is 2. The Hall–Kier alpha value is -1.59. The maximum atomic E-state index is 11.6. The van der Waals surface area contributed by atoms with Crippen LogP contribution < -0.4 is 0 Å². The first kappa shape index (κ1) is 14.8. The van der Waals surface area contributed by atoms with E-state index in [2.05, 4.69) is 0 Å². The highest BCUT2D eigenvalue weighted by atomic mass is 35.5. The van der Waals surface area contributed by atoms with Crippen molar-refractivity contribution < 1.29 is 19.2 Å². The van der Waals surface area contributed by atoms with Crippen molar-refractivity contribution in [3.05, 3.63) is 33.8 Å². The first-order chi connectivity index (χ1) is 9.47. The summed E-state index contributed by atoms with van der Waals surface area (Å²) in [6.07, 6.45) is 0.582. The SMILES string of the molecule is O=C(CCc1ccc(Cl)c(Cl)c1)ON1C(=O)CCC1=O. The second-order valence-electron chi connectivity index (χ2n) is 4.29. The Morgan fingerprint density at radius 1 is 1.15 bits per heavy atom. The van der Waals surface area contributed by atoms with Crippen molar-refractivity contribution >= 4 is 41.0 Å². The summed E-state index contributed by atoms with van der Waals surface area (Å²) in [5, 5.41) is 1.38. The second-order valence-corrected chi connectivity index (χ2v) is 5.11. The third-order valence-corrected chi connectivity index (χ3v) is 3.54. The summed E-state index contributed by atoms with van der Waals surface area (Å²) >= 11 is 11.6. The van der Waals surface area contributed by atoms with Gasteiger partial charge in [0.25, 0.3) is 11.8 Å². The molecular formula is C13H11Cl2NO4. The van der Waals surface area contributed by atoms with E-state index < -0.39 is 17.8 Å². The van der Waals surface area contributed by atoms with Crippen molar-refractivity contribution in [1.29, 1.82) is 0 Å². The molecule has 0 aromatic heterocycles. The molecule has 0 spiro atoms. The van der Waals surface area contributed by atoms with Crippen LogP contribution in [0.5, 0.6) is 0 Å². The largest absolute Gasteiger partial charge is 0.333 e. The topological polar surface area (TPSA) is 63.7 Å². The zero-order chi connectivity index (χ0) is 14.7. The number of nitrogens with zero attached hydrogens (tertiary/aromatic N) is 1. The predicted molar refractivity (Wildman–Crippen MR) is 72.0 cm³/mol. The molecule has 20 heavy (non-hydrogen) atoms. The molecule has 5 nitrogen and oxygen atoms in total. The number of hydroxylamine groups is 2. The van der Waals surface area contributed by atoms with Crippen LogP contribution in [0.2, 0.25) is 10.0 Å². The molecule has 0 unspecified atom stereocenters. The van der Waals surface area contributed by atoms with Crippen molar-refractivity contribution in [2.24, 2.45) is 0 Å². The van der Waals surface area contributed by atoms with Gasteiger partial charge in [0, 0.05) is 12.8 Å². The highest BCUT2D eigenvalue weighted by molar-refractivity contribution is 6.42. The molecule has 0 aliphatic carbocycles. The molecule has 0 radical (unpaired) electrons. The minimum Gasteiger partial charge on any atom is -0.330 e. The molecule has 0 saturated carbocycles. The van der Waals surface area contributed by atoms with Crippen molar-refractivity contribution in [2.45, 2.75) is 25.7 Å². The molecule has 1 aromatic carbocycles. The minimum atomic E-state index is -0.639. The van der Waals surface area contributed by atoms with Crippen LogP contribution in [0.4, 0.5) is 0 Å². The van der Waals surface area contributed by atoms with Gasteiger partial charge in [0.2, 0.25) is 0 Å². The van der Waals surface area contributed by atoms with Gasteiger partial charge in [-0.15, -0.1) is 5.06 Å². The Morgan fingerprint density at radius 3 is 2.40 bits per heavy atom. The van der Waals surface area contributed by atoms with Gasteiger partial charge in [-0.25, -0.2) is 4.79 Å². The van der Waals surface area contributed by atoms with E-state index in [9.17, 15) is 14.4 Å². The standard InChI is InChI=1S/C13H11Cl2NO4/c14-9-3-1-8(7-10(9)15)2-6-13(19)20-16-11(17)4-5-12(16)18/h1,3,7H,2,4-6H2. The summed E-state index contributed by atoms with van der Waals surface area (Å²) in [5.74, 6) is -1.62. The summed E-state index contributed by atoms with van der Waals surface area (Å²) in [4.78, 5) is 38.9. The average Bonchev–Trinajstić information content (AvgIpc) is 2.72. The highest BCUT2D eigenvalue weighted by Crippen LogP contribution is 2.23. The van der Waals surface area contributed by atoms with Crippen molar-refractivity contribution in [1.82, 2.24) is 5.06 Å². The Morgan fingerprint density at radius 2 is 1.80 bits per heavy atom. The summed E-state index contributed by atoms with van der Waals surface area (Å²) in [5.41, 5.74) is 0.815. The molecule has 2 amide bonds. The van der Waals surface area contributed by atoms with Gasteiger partial charge in [-0.05, 0) is 24.1 Å². The van der Waals surface area contributed by atoms with Crippen molar-refractivity contribution in [3.8, 4) is 0 Å². The second kappa shape index (κ2) is 6.24. The number of hydrogen-bond acceptors (Lipinski definition) is 4. The van der Waals surface area contributed by atoms with Gasteiger partial charge in [0.15, 0.2) is 0 Å². The smallest absolute Gasteiger partial charge is 0.330 e. The molecule has 7 heteroatoms. The van der Waals surface area contributed by atoms with Gasteiger partial charge in [0.05, 0.1) is 16.5 Å². The van der Waals surface area contributed by atoms with Crippen LogP contribution in [0.3, 0.4) is 0 Å². The fourth-order valence-electron chi connectivity index (χ4n) is 1.75. The van der Waals surface area contributed by atoms with Gasteiger partial charge in [-0.1, -0.05) is 29.3 Å². The Bertz CT molecular complexity index is 557. The van der Waals surface area contributed by atoms with Crippen molar-refractivity contribution in [2.75, 3.05) is 0 Å². The lowest BCUT2D eigenvalue weighted by atomic mass is 10.1. The minimum absolute atomic E-state index is 0.0367. The third-order valence-electron chi connectivity index (χ3n) is 2.80. The molecule has 0 bridgehead atoms. The van der Waals surface area contributed by atoms with E-state index in [1.54, 1.807) is 18.2 Å². The molecule has 1 saturated heterocycles. The molecule has 1 aromatic rings. The van der Waals surface area contributed by atoms with Crippen molar-refractivity contribution in [3.63, 3.8) is 0 Å². The summed E-state index contributed by atoms with van der Waals surface area (Å²) < 4.78 is 0. The molecule has 1 aliphatic rings. The number of hydrogen-bond donors (Lipinski definition) is 0. The van der Waals surface area contributed by atoms with E-state index in [4.69, 9.17) is 28.0 Å². The number of aryl methyl sites for hydroxylation is 1. The summed E-state index contributed by atoms with van der Waals surface area (Å²) in [6.45, 7) is 0. The molecule has 0 atom stereocenters. The zero-order valence-electron chi connectivity index (χ0n) is 10.4. The Balaban J connectivity index is 1.87. The normalized spacial score (nSPS) is 14.8. The summed E-state index contributed by atoms with van der Waals surface area (Å²) in [7, 11) is 0. The quantitative estimate of drug-likeness (QED) is 0.801. The fourth-order valence-corrected chi connectivity index (χ4v) is 2.07. The van der Waals surface area contributed by atoms with E-state index in [1.165, 1.54) is 0 Å². The number of benzene rings is 1. The van der Waals surface area contributed by atoms with Gasteiger partial charge in [0.1, 0.15) is 0 Å². The molecule has 1 aliphatic heterocycles. The molecule has 2 rings (SSSR count). The first-order valence-corrected chi connectivity index (χ1v) is 6.73. The molecule has 0 N–H and O–H groups in total. The third kappa shape index (κ3) is 3.49. The maximum absolute atomic E-state index is 11.6. The van der Waals surface area contributed by atoms with E-state index in [1.807, 2.05) is 0 Å². The van der Waals surface area contributed by atoms with Crippen LogP contribution in [-0.2, 0) is 25.6 Å². The molecule has 1 fully saturated rings. The van der Waals surface area contributed by atoms with Crippen LogP contribution in [0, 0.1) is 0 Å². The number of carbonyl (C=O) groups excluding carboxylic acids is 3. The molecular weight excluding hydrogens is 305 g/mol. The predicted octanol–water partition coefficient (Wildman–Crippen LogP) is 2.53. The maximum Gasteiger partial charge on any atom is 0.333 e. The highest BCUT2D eigenvalue weighted by Gasteiger charge is 2.32. The monoisotopic (exact) mass is 315 g/mol. The van der Waals surface area contributed by atoms with Crippen LogP contribution >= 0.6 is 23.2 Å². The number of rotatable bonds is 4. The number of imide groups is 1. The Labute approximate surface area is 125 Å². The lowest BCUT2D eigenvalue weighted by Gasteiger charge is -2.12. The lowest BCUT2D eigenvalue weighted by Crippen LogP contribution is -2.32. The molecule has 106 valence electrons. The Kier molecular flexibility index (Phi) is 4.62. The van der Waals surface area contributed by atoms with E-state index >= 15 is 0 Å². The van der Waals surface area contributed by atoms with Crippen LogP contribution in [0.15, 0.2) is 18.2 Å². The van der Waals surface area contributed by atoms with E-state index in [0.717, 1.165) is 5.56 Å². The van der Waals surface area contributed by atoms with Gasteiger partial charge < -0.3 is 4.84 Å². The molecule has 1 heterocycles. The first-order valence-electron chi connectivity index (χ1n) is 5.98. The van der Waals surface area contributed by atoms with Crippen LogP contribution in [0.25, 0.3) is 0 Å². The number of amides is 2. The van der Waals surface area contributed by atoms with Gasteiger partial charge in [-0.2, -0.15) is 0 Å². The van der Waals surface area contributed by atoms with E-state index in [-0.39, 0.29) is 19.3 Å². The number of carbonyl (C=O) groups is 3. The van der Waals surface area contributed by atoms with Crippen LogP contribution in [0.1, 0.15) is 24.8 Å². The fraction of sp³-hybridized carbons (Fsp3) is 0.308.